The van der Waals surface area contributed by atoms with Gasteiger partial charge >= 0.3 is 0 Å². The summed E-state index contributed by atoms with van der Waals surface area (Å²) in [5.74, 6) is 2.32. The zero-order chi connectivity index (χ0) is 22.8. The Morgan fingerprint density at radius 2 is 1.64 bits per heavy atom. The molecule has 0 radical (unpaired) electrons. The first-order chi connectivity index (χ1) is 16.1. The molecule has 168 valence electrons. The fourth-order valence-electron chi connectivity index (χ4n) is 4.12. The second-order valence-corrected chi connectivity index (χ2v) is 7.98. The van der Waals surface area contributed by atoms with Crippen LogP contribution in [0.5, 0.6) is 11.5 Å². The van der Waals surface area contributed by atoms with Crippen molar-refractivity contribution in [3.8, 4) is 23.0 Å². The Hall–Kier alpha value is -4.00. The topological polar surface area (TPSA) is 61.5 Å². The lowest BCUT2D eigenvalue weighted by Crippen LogP contribution is -2.31. The van der Waals surface area contributed by atoms with Gasteiger partial charge in [0, 0.05) is 18.0 Å². The maximum absolute atomic E-state index is 12.9. The van der Waals surface area contributed by atoms with Gasteiger partial charge in [0.1, 0.15) is 17.3 Å². The summed E-state index contributed by atoms with van der Waals surface area (Å²) >= 11 is 0. The summed E-state index contributed by atoms with van der Waals surface area (Å²) < 4.78 is 15.2. The molecular formula is C26H26N4O3. The highest BCUT2D eigenvalue weighted by molar-refractivity contribution is 5.78. The van der Waals surface area contributed by atoms with Crippen LogP contribution >= 0.6 is 0 Å². The maximum atomic E-state index is 12.9. The highest BCUT2D eigenvalue weighted by atomic mass is 16.5. The van der Waals surface area contributed by atoms with E-state index in [9.17, 15) is 4.79 Å². The number of carbonyl (C=O) groups excluding carboxylic acids is 1. The van der Waals surface area contributed by atoms with Crippen molar-refractivity contribution in [1.82, 2.24) is 19.2 Å². The summed E-state index contributed by atoms with van der Waals surface area (Å²) in [4.78, 5) is 14.7. The Balaban J connectivity index is 1.34. The summed E-state index contributed by atoms with van der Waals surface area (Å²) in [6.45, 7) is 5.58. The number of rotatable bonds is 7. The number of benzene rings is 2. The molecule has 3 heterocycles. The first kappa shape index (κ1) is 20.9. The molecule has 0 N–H and O–H groups in total. The van der Waals surface area contributed by atoms with Crippen molar-refractivity contribution in [1.29, 1.82) is 0 Å². The van der Waals surface area contributed by atoms with Crippen LogP contribution in [0.4, 0.5) is 0 Å². The van der Waals surface area contributed by atoms with Gasteiger partial charge in [-0.3, -0.25) is 4.79 Å². The van der Waals surface area contributed by atoms with E-state index in [-0.39, 0.29) is 12.5 Å². The van der Waals surface area contributed by atoms with E-state index in [1.54, 1.807) is 4.90 Å². The van der Waals surface area contributed by atoms with E-state index in [1.165, 1.54) is 0 Å². The van der Waals surface area contributed by atoms with Crippen molar-refractivity contribution in [2.75, 3.05) is 13.2 Å². The van der Waals surface area contributed by atoms with Gasteiger partial charge in [-0.2, -0.15) is 5.10 Å². The normalized spacial score (nSPS) is 12.6. The number of ether oxygens (including phenoxy) is 2. The highest BCUT2D eigenvalue weighted by Gasteiger charge is 2.31. The molecule has 5 rings (SSSR count). The summed E-state index contributed by atoms with van der Waals surface area (Å²) in [6, 6.07) is 19.5. The number of hydrogen-bond donors (Lipinski definition) is 0. The van der Waals surface area contributed by atoms with Crippen molar-refractivity contribution in [3.05, 3.63) is 89.9 Å². The molecule has 2 aromatic heterocycles. The van der Waals surface area contributed by atoms with Gasteiger partial charge in [0.05, 0.1) is 31.1 Å². The van der Waals surface area contributed by atoms with E-state index in [2.05, 4.69) is 23.6 Å². The van der Waals surface area contributed by atoms with Gasteiger partial charge < -0.3 is 18.9 Å². The van der Waals surface area contributed by atoms with Crippen LogP contribution in [-0.2, 0) is 17.9 Å². The third-order valence-electron chi connectivity index (χ3n) is 5.77. The minimum atomic E-state index is -0.0669. The minimum Gasteiger partial charge on any atom is -0.494 e. The van der Waals surface area contributed by atoms with Gasteiger partial charge in [0.2, 0.25) is 0 Å². The molecule has 0 spiro atoms. The quantitative estimate of drug-likeness (QED) is 0.428. The van der Waals surface area contributed by atoms with E-state index in [1.807, 2.05) is 72.5 Å². The van der Waals surface area contributed by atoms with Crippen LogP contribution in [0.1, 0.15) is 23.7 Å². The zero-order valence-electron chi connectivity index (χ0n) is 18.8. The van der Waals surface area contributed by atoms with E-state index < -0.39 is 0 Å². The molecule has 1 aliphatic rings. The van der Waals surface area contributed by atoms with Gasteiger partial charge in [-0.25, -0.2) is 4.68 Å². The average molecular weight is 443 g/mol. The monoisotopic (exact) mass is 442 g/mol. The molecule has 2 aromatic carbocycles. The second kappa shape index (κ2) is 8.86. The second-order valence-electron chi connectivity index (χ2n) is 7.98. The van der Waals surface area contributed by atoms with Gasteiger partial charge in [-0.15, -0.1) is 0 Å². The lowest BCUT2D eigenvalue weighted by molar-refractivity contribution is -0.134. The first-order valence-corrected chi connectivity index (χ1v) is 11.1. The lowest BCUT2D eigenvalue weighted by Gasteiger charge is -2.18. The molecule has 33 heavy (non-hydrogen) atoms. The third-order valence-corrected chi connectivity index (χ3v) is 5.77. The molecule has 0 atom stereocenters. The summed E-state index contributed by atoms with van der Waals surface area (Å²) in [7, 11) is 0. The largest absolute Gasteiger partial charge is 0.494 e. The molecule has 0 saturated heterocycles. The van der Waals surface area contributed by atoms with Gasteiger partial charge in [0.15, 0.2) is 6.61 Å². The Bertz CT molecular complexity index is 1260. The van der Waals surface area contributed by atoms with E-state index in [4.69, 9.17) is 14.6 Å². The van der Waals surface area contributed by atoms with Crippen molar-refractivity contribution < 1.29 is 14.3 Å². The predicted molar refractivity (Wildman–Crippen MR) is 125 cm³/mol. The standard InChI is InChI=1S/C26H26N4O3/c1-3-32-20-10-12-21(13-11-20)33-18-25(31)29-16-22-23(17-29)27-30(24-9-5-4-8-19(24)2)26(22)28-14-6-7-15-28/h4-15H,3,16-18H2,1-2H3. The summed E-state index contributed by atoms with van der Waals surface area (Å²) in [6.07, 6.45) is 4.01. The number of fused-ring (bicyclic) bond motifs is 1. The average Bonchev–Trinajstić information content (AvgIpc) is 3.55. The molecule has 0 bridgehead atoms. The van der Waals surface area contributed by atoms with Crippen molar-refractivity contribution >= 4 is 5.91 Å². The third kappa shape index (κ3) is 4.09. The summed E-state index contributed by atoms with van der Waals surface area (Å²) in [5.41, 5.74) is 4.15. The smallest absolute Gasteiger partial charge is 0.261 e. The SMILES string of the molecule is CCOc1ccc(OCC(=O)N2Cc3nn(-c4ccccc4C)c(-n4cccc4)c3C2)cc1. The van der Waals surface area contributed by atoms with Gasteiger partial charge in [-0.1, -0.05) is 18.2 Å². The van der Waals surface area contributed by atoms with Gasteiger partial charge in [-0.05, 0) is 61.9 Å². The molecule has 0 aliphatic carbocycles. The fraction of sp³-hybridized carbons (Fsp3) is 0.231. The van der Waals surface area contributed by atoms with Crippen LogP contribution in [0.3, 0.4) is 0 Å². The number of nitrogens with zero attached hydrogens (tertiary/aromatic N) is 4. The zero-order valence-corrected chi connectivity index (χ0v) is 18.8. The number of para-hydroxylation sites is 1. The predicted octanol–water partition coefficient (Wildman–Crippen LogP) is 4.29. The van der Waals surface area contributed by atoms with E-state index in [0.29, 0.717) is 25.4 Å². The Morgan fingerprint density at radius 1 is 0.939 bits per heavy atom. The van der Waals surface area contributed by atoms with E-state index in [0.717, 1.165) is 34.1 Å². The number of aromatic nitrogens is 3. The minimum absolute atomic E-state index is 0.0189. The van der Waals surface area contributed by atoms with Crippen molar-refractivity contribution in [2.45, 2.75) is 26.9 Å². The molecule has 7 nitrogen and oxygen atoms in total. The van der Waals surface area contributed by atoms with Crippen LogP contribution in [-0.4, -0.2) is 38.4 Å². The molecule has 1 aliphatic heterocycles. The highest BCUT2D eigenvalue weighted by Crippen LogP contribution is 2.31. The van der Waals surface area contributed by atoms with Gasteiger partial charge in [0.25, 0.3) is 5.91 Å². The Kier molecular flexibility index (Phi) is 5.60. The molecule has 0 fully saturated rings. The number of carbonyl (C=O) groups is 1. The van der Waals surface area contributed by atoms with Crippen LogP contribution in [0.15, 0.2) is 73.1 Å². The fourth-order valence-corrected chi connectivity index (χ4v) is 4.12. The van der Waals surface area contributed by atoms with Crippen molar-refractivity contribution in [3.63, 3.8) is 0 Å². The molecule has 7 heteroatoms. The number of hydrogen-bond acceptors (Lipinski definition) is 4. The Morgan fingerprint density at radius 3 is 2.33 bits per heavy atom. The number of aryl methyl sites for hydroxylation is 1. The molecule has 0 unspecified atom stereocenters. The van der Waals surface area contributed by atoms with Crippen LogP contribution < -0.4 is 9.47 Å². The van der Waals surface area contributed by atoms with E-state index >= 15 is 0 Å². The molecule has 1 amide bonds. The van der Waals surface area contributed by atoms with Crippen LogP contribution in [0, 0.1) is 6.92 Å². The maximum Gasteiger partial charge on any atom is 0.261 e. The summed E-state index contributed by atoms with van der Waals surface area (Å²) in [5, 5.41) is 4.90. The van der Waals surface area contributed by atoms with Crippen molar-refractivity contribution in [2.24, 2.45) is 0 Å². The molecule has 4 aromatic rings. The molecular weight excluding hydrogens is 416 g/mol. The Labute approximate surface area is 192 Å². The van der Waals surface area contributed by atoms with Crippen LogP contribution in [0.2, 0.25) is 0 Å². The lowest BCUT2D eigenvalue weighted by atomic mass is 10.2. The molecule has 0 saturated carbocycles. The van der Waals surface area contributed by atoms with Crippen LogP contribution in [0.25, 0.3) is 11.5 Å². The first-order valence-electron chi connectivity index (χ1n) is 11.1. The number of amides is 1.